The maximum atomic E-state index is 11.6. The fourth-order valence-electron chi connectivity index (χ4n) is 0.815. The fourth-order valence-corrected chi connectivity index (χ4v) is 0.815. The van der Waals surface area contributed by atoms with Crippen LogP contribution in [-0.4, -0.2) is 18.2 Å². The lowest BCUT2D eigenvalue weighted by Crippen LogP contribution is -2.41. The summed E-state index contributed by atoms with van der Waals surface area (Å²) in [5, 5.41) is 9.78. The molecule has 1 atom stereocenters. The van der Waals surface area contributed by atoms with Crippen molar-refractivity contribution in [2.45, 2.75) is 46.6 Å². The Hall–Kier alpha value is -0.860. The van der Waals surface area contributed by atoms with Gasteiger partial charge in [0.15, 0.2) is 0 Å². The second-order valence-corrected chi connectivity index (χ2v) is 4.05. The summed E-state index contributed by atoms with van der Waals surface area (Å²) in [5.41, 5.74) is -0.295. The first-order valence-electron chi connectivity index (χ1n) is 4.74. The van der Waals surface area contributed by atoms with Crippen LogP contribution < -0.4 is 5.32 Å². The first-order chi connectivity index (χ1) is 5.94. The van der Waals surface area contributed by atoms with Crippen LogP contribution in [-0.2, 0) is 4.79 Å². The van der Waals surface area contributed by atoms with Gasteiger partial charge in [0.05, 0.1) is 0 Å². The van der Waals surface area contributed by atoms with Gasteiger partial charge in [-0.05, 0) is 19.6 Å². The van der Waals surface area contributed by atoms with E-state index in [0.29, 0.717) is 6.42 Å². The van der Waals surface area contributed by atoms with Crippen molar-refractivity contribution < 1.29 is 4.79 Å². The number of hydrogen-bond acceptors (Lipinski definition) is 2. The van der Waals surface area contributed by atoms with Crippen LogP contribution in [0.5, 0.6) is 0 Å². The molecule has 3 nitrogen and oxygen atoms in total. The van der Waals surface area contributed by atoms with Gasteiger partial charge in [-0.15, -0.1) is 0 Å². The monoisotopic (exact) mass is 184 g/mol. The smallest absolute Gasteiger partial charge is 0.225 e. The zero-order chi connectivity index (χ0) is 10.5. The molecule has 1 amide bonds. The first-order valence-corrected chi connectivity index (χ1v) is 4.74. The van der Waals surface area contributed by atoms with Crippen molar-refractivity contribution in [2.24, 2.45) is 5.41 Å². The highest BCUT2D eigenvalue weighted by molar-refractivity contribution is 5.82. The molecule has 0 fully saturated rings. The maximum absolute atomic E-state index is 11.6. The number of rotatable bonds is 5. The number of carbonyl (C=O) groups is 1. The zero-order valence-corrected chi connectivity index (χ0v) is 8.98. The Labute approximate surface area is 80.4 Å². The topological polar surface area (TPSA) is 53.0 Å². The molecule has 0 heterocycles. The summed E-state index contributed by atoms with van der Waals surface area (Å²) in [7, 11) is 0. The minimum absolute atomic E-state index is 0.0656. The molecular formula is C10H20N2O. The van der Waals surface area contributed by atoms with Gasteiger partial charge in [-0.25, -0.2) is 0 Å². The van der Waals surface area contributed by atoms with Gasteiger partial charge in [0.1, 0.15) is 0 Å². The molecule has 0 unspecified atom stereocenters. The minimum Gasteiger partial charge on any atom is -0.353 e. The Bertz CT molecular complexity index is 187. The molecule has 0 rings (SSSR count). The van der Waals surface area contributed by atoms with Crippen LogP contribution >= 0.6 is 0 Å². The predicted octanol–water partition coefficient (Wildman–Crippen LogP) is 1.97. The van der Waals surface area contributed by atoms with Crippen molar-refractivity contribution in [1.82, 2.24) is 5.32 Å². The maximum Gasteiger partial charge on any atom is 0.225 e. The van der Waals surface area contributed by atoms with Crippen molar-refractivity contribution in [1.29, 1.82) is 5.41 Å². The lowest BCUT2D eigenvalue weighted by atomic mass is 9.89. The van der Waals surface area contributed by atoms with E-state index in [1.54, 1.807) is 0 Å². The minimum atomic E-state index is -0.295. The number of hydrogen-bond donors (Lipinski definition) is 2. The average molecular weight is 184 g/mol. The molecule has 0 aromatic heterocycles. The molecule has 0 spiro atoms. The molecule has 0 aromatic rings. The molecule has 3 heteroatoms. The lowest BCUT2D eigenvalue weighted by Gasteiger charge is -2.23. The summed E-state index contributed by atoms with van der Waals surface area (Å²) < 4.78 is 0. The number of amides is 1. The highest BCUT2D eigenvalue weighted by Crippen LogP contribution is 2.19. The van der Waals surface area contributed by atoms with Gasteiger partial charge >= 0.3 is 0 Å². The molecular weight excluding hydrogens is 164 g/mol. The van der Waals surface area contributed by atoms with Crippen LogP contribution in [0.1, 0.15) is 40.5 Å². The lowest BCUT2D eigenvalue weighted by molar-refractivity contribution is -0.130. The highest BCUT2D eigenvalue weighted by atomic mass is 16.2. The predicted molar refractivity (Wildman–Crippen MR) is 55.1 cm³/mol. The molecule has 2 N–H and O–H groups in total. The van der Waals surface area contributed by atoms with Crippen molar-refractivity contribution >= 4 is 12.1 Å². The third kappa shape index (κ3) is 4.06. The summed E-state index contributed by atoms with van der Waals surface area (Å²) in [5.74, 6) is 0.0735. The quantitative estimate of drug-likeness (QED) is 0.630. The molecule has 0 radical (unpaired) electrons. The molecule has 76 valence electrons. The number of carbonyl (C=O) groups excluding carboxylic acids is 1. The van der Waals surface area contributed by atoms with E-state index < -0.39 is 0 Å². The standard InChI is InChI=1S/C10H20N2O/c1-5-10(3,4)9(13)12-8(2)6-7-11/h7-8,11H,5-6H2,1-4H3,(H,12,13)/t8-/m0/s1. The van der Waals surface area contributed by atoms with Gasteiger partial charge in [0.25, 0.3) is 0 Å². The second-order valence-electron chi connectivity index (χ2n) is 4.05. The largest absolute Gasteiger partial charge is 0.353 e. The molecule has 0 aromatic carbocycles. The average Bonchev–Trinajstić information content (AvgIpc) is 2.04. The van der Waals surface area contributed by atoms with Crippen molar-refractivity contribution in [3.8, 4) is 0 Å². The van der Waals surface area contributed by atoms with Crippen LogP contribution in [0.15, 0.2) is 0 Å². The summed E-state index contributed by atoms with van der Waals surface area (Å²) >= 11 is 0. The van der Waals surface area contributed by atoms with Crippen LogP contribution in [0.25, 0.3) is 0 Å². The van der Waals surface area contributed by atoms with Gasteiger partial charge in [-0.1, -0.05) is 20.8 Å². The summed E-state index contributed by atoms with van der Waals surface area (Å²) in [6, 6.07) is 0.0656. The van der Waals surface area contributed by atoms with Crippen LogP contribution in [0.3, 0.4) is 0 Å². The normalized spacial score (nSPS) is 13.5. The van der Waals surface area contributed by atoms with E-state index in [2.05, 4.69) is 5.32 Å². The van der Waals surface area contributed by atoms with E-state index in [0.717, 1.165) is 6.42 Å². The van der Waals surface area contributed by atoms with Crippen molar-refractivity contribution in [2.75, 3.05) is 0 Å². The van der Waals surface area contributed by atoms with E-state index in [-0.39, 0.29) is 17.4 Å². The van der Waals surface area contributed by atoms with Gasteiger partial charge in [0, 0.05) is 17.9 Å². The first kappa shape index (κ1) is 12.1. The SMILES string of the molecule is CCC(C)(C)C(=O)N[C@@H](C)CC=N. The van der Waals surface area contributed by atoms with Gasteiger partial charge in [-0.3, -0.25) is 4.79 Å². The fraction of sp³-hybridized carbons (Fsp3) is 0.800. The molecule has 0 aliphatic carbocycles. The van der Waals surface area contributed by atoms with Gasteiger partial charge in [0.2, 0.25) is 5.91 Å². The third-order valence-electron chi connectivity index (χ3n) is 2.35. The molecule has 0 bridgehead atoms. The van der Waals surface area contributed by atoms with E-state index in [9.17, 15) is 4.79 Å². The summed E-state index contributed by atoms with van der Waals surface area (Å²) in [6.07, 6.45) is 2.76. The zero-order valence-electron chi connectivity index (χ0n) is 8.98. The Kier molecular flexibility index (Phi) is 4.67. The third-order valence-corrected chi connectivity index (χ3v) is 2.35. The summed E-state index contributed by atoms with van der Waals surface area (Å²) in [4.78, 5) is 11.6. The van der Waals surface area contributed by atoms with Crippen LogP contribution in [0.4, 0.5) is 0 Å². The Morgan fingerprint density at radius 1 is 1.62 bits per heavy atom. The molecule has 0 aliphatic heterocycles. The molecule has 0 saturated heterocycles. The Morgan fingerprint density at radius 3 is 2.54 bits per heavy atom. The van der Waals surface area contributed by atoms with Crippen molar-refractivity contribution in [3.63, 3.8) is 0 Å². The second kappa shape index (κ2) is 5.00. The molecule has 13 heavy (non-hydrogen) atoms. The van der Waals surface area contributed by atoms with Gasteiger partial charge in [-0.2, -0.15) is 0 Å². The molecule has 0 aliphatic rings. The Morgan fingerprint density at radius 2 is 2.15 bits per heavy atom. The highest BCUT2D eigenvalue weighted by Gasteiger charge is 2.25. The molecule has 0 saturated carbocycles. The van der Waals surface area contributed by atoms with Crippen LogP contribution in [0.2, 0.25) is 0 Å². The van der Waals surface area contributed by atoms with E-state index in [1.165, 1.54) is 6.21 Å². The van der Waals surface area contributed by atoms with E-state index in [4.69, 9.17) is 5.41 Å². The van der Waals surface area contributed by atoms with Gasteiger partial charge < -0.3 is 10.7 Å². The van der Waals surface area contributed by atoms with Crippen LogP contribution in [0, 0.1) is 10.8 Å². The van der Waals surface area contributed by atoms with E-state index >= 15 is 0 Å². The number of nitrogens with one attached hydrogen (secondary N) is 2. The van der Waals surface area contributed by atoms with E-state index in [1.807, 2.05) is 27.7 Å². The van der Waals surface area contributed by atoms with Crippen molar-refractivity contribution in [3.05, 3.63) is 0 Å². The Balaban J connectivity index is 4.06. The summed E-state index contributed by atoms with van der Waals surface area (Å²) in [6.45, 7) is 7.77.